The maximum atomic E-state index is 10.1. The van der Waals surface area contributed by atoms with Gasteiger partial charge in [-0.2, -0.15) is 0 Å². The number of aromatic nitrogens is 1. The number of aliphatic hydroxyl groups is 1. The van der Waals surface area contributed by atoms with Crippen molar-refractivity contribution >= 4 is 28.1 Å². The monoisotopic (exact) mass is 270 g/mol. The fourth-order valence-corrected chi connectivity index (χ4v) is 2.41. The molecule has 1 heterocycles. The minimum absolute atomic E-state index is 0.429. The zero-order valence-corrected chi connectivity index (χ0v) is 10.6. The van der Waals surface area contributed by atoms with Crippen molar-refractivity contribution in [3.63, 3.8) is 0 Å². The number of nitrogens with zero attached hydrogens (tertiary/aromatic N) is 1. The van der Waals surface area contributed by atoms with E-state index in [9.17, 15) is 5.11 Å². The average Bonchev–Trinajstić information content (AvgIpc) is 2.75. The van der Waals surface area contributed by atoms with Crippen molar-refractivity contribution in [1.82, 2.24) is 4.98 Å². The molecule has 1 aromatic carbocycles. The number of hydrogen-bond acceptors (Lipinski definition) is 5. The summed E-state index contributed by atoms with van der Waals surface area (Å²) in [4.78, 5) is 4.58. The summed E-state index contributed by atoms with van der Waals surface area (Å²) in [5.74, 6) is 0.575. The van der Waals surface area contributed by atoms with E-state index in [-0.39, 0.29) is 0 Å². The smallest absolute Gasteiger partial charge is 0.180 e. The summed E-state index contributed by atoms with van der Waals surface area (Å²) in [6, 6.07) is 5.14. The fraction of sp³-hybridized carbons (Fsp3) is 0.182. The third-order valence-corrected chi connectivity index (χ3v) is 3.48. The minimum Gasteiger partial charge on any atom is -0.495 e. The molecule has 6 heteroatoms. The predicted octanol–water partition coefficient (Wildman–Crippen LogP) is 2.47. The van der Waals surface area contributed by atoms with Crippen molar-refractivity contribution in [1.29, 1.82) is 0 Å². The van der Waals surface area contributed by atoms with Gasteiger partial charge in [-0.05, 0) is 17.7 Å². The zero-order chi connectivity index (χ0) is 12.4. The normalized spacial score (nSPS) is 12.4. The lowest BCUT2D eigenvalue weighted by Crippen LogP contribution is -1.97. The van der Waals surface area contributed by atoms with Crippen molar-refractivity contribution < 1.29 is 9.84 Å². The number of nitrogen functional groups attached to an aromatic ring is 1. The Hall–Kier alpha value is -1.30. The van der Waals surface area contributed by atoms with Crippen LogP contribution in [0.5, 0.6) is 5.75 Å². The molecule has 4 nitrogen and oxygen atoms in total. The number of aliphatic hydroxyl groups excluding tert-OH is 1. The van der Waals surface area contributed by atoms with Gasteiger partial charge in [0.25, 0.3) is 0 Å². The van der Waals surface area contributed by atoms with Crippen LogP contribution in [0, 0.1) is 0 Å². The molecule has 0 fully saturated rings. The Morgan fingerprint density at radius 2 is 2.29 bits per heavy atom. The lowest BCUT2D eigenvalue weighted by atomic mass is 10.1. The van der Waals surface area contributed by atoms with Crippen LogP contribution in [0.3, 0.4) is 0 Å². The fourth-order valence-electron chi connectivity index (χ4n) is 1.44. The Balaban J connectivity index is 2.31. The van der Waals surface area contributed by atoms with Crippen LogP contribution in [0.2, 0.25) is 5.02 Å². The summed E-state index contributed by atoms with van der Waals surface area (Å²) >= 11 is 7.24. The van der Waals surface area contributed by atoms with Crippen LogP contribution in [0.15, 0.2) is 24.4 Å². The molecule has 1 atom stereocenters. The van der Waals surface area contributed by atoms with Gasteiger partial charge in [0.1, 0.15) is 11.9 Å². The highest BCUT2D eigenvalue weighted by Crippen LogP contribution is 2.32. The van der Waals surface area contributed by atoms with Gasteiger partial charge >= 0.3 is 0 Å². The Labute approximate surface area is 108 Å². The summed E-state index contributed by atoms with van der Waals surface area (Å²) in [5, 5.41) is 11.0. The molecule has 0 amide bonds. The average molecular weight is 271 g/mol. The predicted molar refractivity (Wildman–Crippen MR) is 68.6 cm³/mol. The number of thiazole rings is 1. The summed E-state index contributed by atoms with van der Waals surface area (Å²) in [6.07, 6.45) is 0.788. The molecule has 2 rings (SSSR count). The molecule has 0 spiro atoms. The van der Waals surface area contributed by atoms with E-state index in [0.29, 0.717) is 26.3 Å². The van der Waals surface area contributed by atoms with Crippen molar-refractivity contribution in [2.45, 2.75) is 6.10 Å². The van der Waals surface area contributed by atoms with E-state index < -0.39 is 6.10 Å². The molecule has 90 valence electrons. The van der Waals surface area contributed by atoms with Gasteiger partial charge < -0.3 is 15.6 Å². The van der Waals surface area contributed by atoms with E-state index in [2.05, 4.69) is 4.98 Å². The van der Waals surface area contributed by atoms with Crippen LogP contribution >= 0.6 is 22.9 Å². The number of benzene rings is 1. The molecule has 3 N–H and O–H groups in total. The summed E-state index contributed by atoms with van der Waals surface area (Å²) < 4.78 is 5.05. The number of anilines is 1. The van der Waals surface area contributed by atoms with Gasteiger partial charge in [0.15, 0.2) is 5.13 Å². The van der Waals surface area contributed by atoms with E-state index in [1.807, 2.05) is 0 Å². The van der Waals surface area contributed by atoms with Crippen LogP contribution in [0.1, 0.15) is 16.5 Å². The molecular weight excluding hydrogens is 260 g/mol. The molecule has 0 aliphatic carbocycles. The number of rotatable bonds is 3. The maximum absolute atomic E-state index is 10.1. The Morgan fingerprint density at radius 3 is 2.82 bits per heavy atom. The second kappa shape index (κ2) is 4.91. The number of hydrogen-bond donors (Lipinski definition) is 2. The molecule has 0 saturated heterocycles. The second-order valence-electron chi connectivity index (χ2n) is 3.40. The van der Waals surface area contributed by atoms with E-state index in [0.717, 1.165) is 0 Å². The molecule has 0 aliphatic rings. The highest BCUT2D eigenvalue weighted by Gasteiger charge is 2.15. The number of nitrogens with two attached hydrogens (primary N) is 1. The summed E-state index contributed by atoms with van der Waals surface area (Å²) in [7, 11) is 1.54. The van der Waals surface area contributed by atoms with Crippen molar-refractivity contribution in [2.24, 2.45) is 0 Å². The first-order valence-electron chi connectivity index (χ1n) is 4.84. The first-order chi connectivity index (χ1) is 8.11. The van der Waals surface area contributed by atoms with Gasteiger partial charge in [0, 0.05) is 6.20 Å². The minimum atomic E-state index is -0.770. The molecule has 2 aromatic rings. The lowest BCUT2D eigenvalue weighted by molar-refractivity contribution is 0.224. The number of ether oxygens (including phenoxy) is 1. The highest BCUT2D eigenvalue weighted by atomic mass is 35.5. The third kappa shape index (κ3) is 2.52. The van der Waals surface area contributed by atoms with Crippen LogP contribution in [-0.4, -0.2) is 17.2 Å². The second-order valence-corrected chi connectivity index (χ2v) is 4.90. The number of methoxy groups -OCH3 is 1. The van der Waals surface area contributed by atoms with E-state index in [4.69, 9.17) is 22.1 Å². The van der Waals surface area contributed by atoms with E-state index >= 15 is 0 Å². The van der Waals surface area contributed by atoms with Crippen molar-refractivity contribution in [2.75, 3.05) is 12.8 Å². The highest BCUT2D eigenvalue weighted by molar-refractivity contribution is 7.15. The molecule has 17 heavy (non-hydrogen) atoms. The molecule has 0 aliphatic heterocycles. The topological polar surface area (TPSA) is 68.4 Å². The van der Waals surface area contributed by atoms with Gasteiger partial charge in [-0.3, -0.25) is 0 Å². The number of halogens is 1. The van der Waals surface area contributed by atoms with Crippen molar-refractivity contribution in [3.8, 4) is 5.75 Å². The molecule has 1 aromatic heterocycles. The third-order valence-electron chi connectivity index (χ3n) is 2.30. The van der Waals surface area contributed by atoms with Gasteiger partial charge in [-0.15, -0.1) is 0 Å². The molecule has 0 bridgehead atoms. The largest absolute Gasteiger partial charge is 0.495 e. The van der Waals surface area contributed by atoms with Gasteiger partial charge in [0.2, 0.25) is 0 Å². The Bertz CT molecular complexity index is 530. The van der Waals surface area contributed by atoms with Gasteiger partial charge in [-0.25, -0.2) is 4.98 Å². The first-order valence-corrected chi connectivity index (χ1v) is 6.04. The standard InChI is InChI=1S/C11H11ClN2O2S/c1-16-8-3-2-6(4-7(8)12)10(15)9-5-14-11(13)17-9/h2-5,10,15H,1H3,(H2,13,14). The van der Waals surface area contributed by atoms with Crippen LogP contribution < -0.4 is 10.5 Å². The van der Waals surface area contributed by atoms with E-state index in [1.165, 1.54) is 11.3 Å². The first kappa shape index (κ1) is 12.2. The molecular formula is C11H11ClN2O2S. The quantitative estimate of drug-likeness (QED) is 0.899. The SMILES string of the molecule is COc1ccc(C(O)c2cnc(N)s2)cc1Cl. The van der Waals surface area contributed by atoms with Crippen LogP contribution in [-0.2, 0) is 0 Å². The molecule has 1 unspecified atom stereocenters. The summed E-state index contributed by atoms with van der Waals surface area (Å²) in [5.41, 5.74) is 6.20. The van der Waals surface area contributed by atoms with Crippen molar-refractivity contribution in [3.05, 3.63) is 39.9 Å². The van der Waals surface area contributed by atoms with E-state index in [1.54, 1.807) is 31.5 Å². The van der Waals surface area contributed by atoms with Crippen LogP contribution in [0.4, 0.5) is 5.13 Å². The van der Waals surface area contributed by atoms with Gasteiger partial charge in [0.05, 0.1) is 17.0 Å². The van der Waals surface area contributed by atoms with Gasteiger partial charge in [-0.1, -0.05) is 29.0 Å². The van der Waals surface area contributed by atoms with Crippen LogP contribution in [0.25, 0.3) is 0 Å². The maximum Gasteiger partial charge on any atom is 0.180 e. The zero-order valence-electron chi connectivity index (χ0n) is 9.05. The summed E-state index contributed by atoms with van der Waals surface area (Å²) in [6.45, 7) is 0. The Morgan fingerprint density at radius 1 is 1.53 bits per heavy atom. The Kier molecular flexibility index (Phi) is 3.51. The lowest BCUT2D eigenvalue weighted by Gasteiger charge is -2.10. The molecule has 0 saturated carbocycles. The molecule has 0 radical (unpaired) electrons.